The second kappa shape index (κ2) is 9.21. The molecule has 0 fully saturated rings. The molecule has 7 nitrogen and oxygen atoms in total. The lowest BCUT2D eigenvalue weighted by Crippen LogP contribution is -2.11. The van der Waals surface area contributed by atoms with Crippen molar-refractivity contribution in [1.82, 2.24) is 24.7 Å². The Kier molecular flexibility index (Phi) is 5.97. The monoisotopic (exact) mass is 475 g/mol. The summed E-state index contributed by atoms with van der Waals surface area (Å²) in [7, 11) is 1.65. The maximum Gasteiger partial charge on any atom is 0.260 e. The summed E-state index contributed by atoms with van der Waals surface area (Å²) in [4.78, 5) is 21.3. The molecule has 166 valence electrons. The normalized spacial score (nSPS) is 11.2. The first kappa shape index (κ1) is 21.4. The summed E-state index contributed by atoms with van der Waals surface area (Å²) in [6, 6.07) is 17.7. The minimum atomic E-state index is -0.123. The lowest BCUT2D eigenvalue weighted by Gasteiger charge is -2.10. The van der Waals surface area contributed by atoms with E-state index in [2.05, 4.69) is 22.1 Å². The van der Waals surface area contributed by atoms with Crippen molar-refractivity contribution >= 4 is 33.3 Å². The molecular weight excluding hydrogens is 454 g/mol. The van der Waals surface area contributed by atoms with Gasteiger partial charge >= 0.3 is 0 Å². The van der Waals surface area contributed by atoms with Crippen molar-refractivity contribution in [2.45, 2.75) is 24.4 Å². The standard InChI is InChI=1S/C24H21N5O2S2/c1-3-29-21(16-11-7-8-12-18(16)31-2)27-28-24(29)33-14-19-25-22(30)20-17(13-32-23(20)26-19)15-9-5-4-6-10-15/h4-13H,3,14H2,1-2H3,(H,25,26,30). The van der Waals surface area contributed by atoms with Gasteiger partial charge in [0.15, 0.2) is 11.0 Å². The number of hydrogen-bond acceptors (Lipinski definition) is 7. The Balaban J connectivity index is 1.43. The van der Waals surface area contributed by atoms with Crippen LogP contribution in [-0.2, 0) is 12.3 Å². The third kappa shape index (κ3) is 4.05. The van der Waals surface area contributed by atoms with Crippen LogP contribution in [0.25, 0.3) is 32.7 Å². The Hall–Kier alpha value is -3.43. The first-order valence-electron chi connectivity index (χ1n) is 10.4. The lowest BCUT2D eigenvalue weighted by molar-refractivity contribution is 0.416. The zero-order valence-electron chi connectivity index (χ0n) is 18.1. The molecular formula is C24H21N5O2S2. The number of hydrogen-bond donors (Lipinski definition) is 1. The number of ether oxygens (including phenoxy) is 1. The summed E-state index contributed by atoms with van der Waals surface area (Å²) in [6.45, 7) is 2.76. The van der Waals surface area contributed by atoms with Gasteiger partial charge in [-0.2, -0.15) is 0 Å². The average Bonchev–Trinajstić information content (AvgIpc) is 3.47. The molecule has 3 aromatic heterocycles. The Bertz CT molecular complexity index is 1470. The maximum absolute atomic E-state index is 12.9. The number of aromatic nitrogens is 5. The van der Waals surface area contributed by atoms with Crippen LogP contribution in [0.5, 0.6) is 5.75 Å². The van der Waals surface area contributed by atoms with Crippen LogP contribution in [-0.4, -0.2) is 31.8 Å². The molecule has 33 heavy (non-hydrogen) atoms. The molecule has 0 aliphatic rings. The second-order valence-corrected chi connectivity index (χ2v) is 9.05. The number of rotatable bonds is 7. The number of thioether (sulfide) groups is 1. The SMILES string of the molecule is CCn1c(SCc2nc3scc(-c4ccccc4)c3c(=O)[nH]2)nnc1-c1ccccc1OC. The topological polar surface area (TPSA) is 85.7 Å². The fourth-order valence-electron chi connectivity index (χ4n) is 3.73. The molecule has 0 aliphatic carbocycles. The number of nitrogens with one attached hydrogen (secondary N) is 1. The predicted octanol–water partition coefficient (Wildman–Crippen LogP) is 5.23. The number of para-hydroxylation sites is 1. The van der Waals surface area contributed by atoms with Crippen LogP contribution in [0.15, 0.2) is 69.9 Å². The van der Waals surface area contributed by atoms with E-state index in [0.29, 0.717) is 23.5 Å². The number of fused-ring (bicyclic) bond motifs is 1. The summed E-state index contributed by atoms with van der Waals surface area (Å²) in [6.07, 6.45) is 0. The molecule has 0 saturated heterocycles. The van der Waals surface area contributed by atoms with Crippen LogP contribution in [0.1, 0.15) is 12.7 Å². The third-order valence-electron chi connectivity index (χ3n) is 5.30. The fourth-order valence-corrected chi connectivity index (χ4v) is 5.57. The van der Waals surface area contributed by atoms with Gasteiger partial charge in [-0.1, -0.05) is 54.2 Å². The average molecular weight is 476 g/mol. The zero-order chi connectivity index (χ0) is 22.8. The largest absolute Gasteiger partial charge is 0.496 e. The molecule has 0 spiro atoms. The van der Waals surface area contributed by atoms with Gasteiger partial charge in [0.05, 0.1) is 23.8 Å². The lowest BCUT2D eigenvalue weighted by atomic mass is 10.1. The summed E-state index contributed by atoms with van der Waals surface area (Å²) in [5.74, 6) is 2.59. The smallest absolute Gasteiger partial charge is 0.260 e. The molecule has 0 saturated carbocycles. The number of H-pyrrole nitrogens is 1. The first-order valence-corrected chi connectivity index (χ1v) is 12.3. The van der Waals surface area contributed by atoms with E-state index in [1.54, 1.807) is 7.11 Å². The maximum atomic E-state index is 12.9. The molecule has 2 aromatic carbocycles. The van der Waals surface area contributed by atoms with Crippen molar-refractivity contribution in [3.63, 3.8) is 0 Å². The third-order valence-corrected chi connectivity index (χ3v) is 7.15. The van der Waals surface area contributed by atoms with Crippen molar-refractivity contribution in [1.29, 1.82) is 0 Å². The number of nitrogens with zero attached hydrogens (tertiary/aromatic N) is 4. The van der Waals surface area contributed by atoms with Gasteiger partial charge in [-0.15, -0.1) is 21.5 Å². The predicted molar refractivity (Wildman–Crippen MR) is 133 cm³/mol. The fraction of sp³-hybridized carbons (Fsp3) is 0.167. The van der Waals surface area contributed by atoms with Gasteiger partial charge in [0.2, 0.25) is 0 Å². The molecule has 5 aromatic rings. The van der Waals surface area contributed by atoms with Crippen LogP contribution in [0.3, 0.4) is 0 Å². The summed E-state index contributed by atoms with van der Waals surface area (Å²) in [5.41, 5.74) is 2.69. The van der Waals surface area contributed by atoms with Gasteiger partial charge in [-0.25, -0.2) is 4.98 Å². The van der Waals surface area contributed by atoms with Gasteiger partial charge in [0.1, 0.15) is 16.4 Å². The number of aromatic amines is 1. The van der Waals surface area contributed by atoms with Gasteiger partial charge in [0, 0.05) is 17.5 Å². The highest BCUT2D eigenvalue weighted by molar-refractivity contribution is 7.98. The Morgan fingerprint density at radius 1 is 1.06 bits per heavy atom. The Morgan fingerprint density at radius 3 is 2.64 bits per heavy atom. The van der Waals surface area contributed by atoms with E-state index in [9.17, 15) is 4.79 Å². The van der Waals surface area contributed by atoms with Crippen molar-refractivity contribution in [2.75, 3.05) is 7.11 Å². The molecule has 0 aliphatic heterocycles. The minimum absolute atomic E-state index is 0.123. The van der Waals surface area contributed by atoms with Crippen molar-refractivity contribution < 1.29 is 4.74 Å². The van der Waals surface area contributed by atoms with Gasteiger partial charge in [-0.3, -0.25) is 4.79 Å². The molecule has 0 atom stereocenters. The second-order valence-electron chi connectivity index (χ2n) is 7.25. The molecule has 5 rings (SSSR count). The van der Waals surface area contributed by atoms with Crippen LogP contribution in [0, 0.1) is 0 Å². The quantitative estimate of drug-likeness (QED) is 0.324. The van der Waals surface area contributed by atoms with E-state index in [1.165, 1.54) is 23.1 Å². The number of methoxy groups -OCH3 is 1. The highest BCUT2D eigenvalue weighted by Crippen LogP contribution is 2.33. The number of benzene rings is 2. The van der Waals surface area contributed by atoms with Crippen LogP contribution in [0.2, 0.25) is 0 Å². The first-order chi connectivity index (χ1) is 16.2. The van der Waals surface area contributed by atoms with E-state index < -0.39 is 0 Å². The van der Waals surface area contributed by atoms with E-state index in [4.69, 9.17) is 9.72 Å². The van der Waals surface area contributed by atoms with E-state index in [1.807, 2.05) is 64.5 Å². The number of thiophene rings is 1. The highest BCUT2D eigenvalue weighted by Gasteiger charge is 2.18. The Morgan fingerprint density at radius 2 is 1.85 bits per heavy atom. The van der Waals surface area contributed by atoms with Crippen molar-refractivity contribution in [3.8, 4) is 28.3 Å². The molecule has 9 heteroatoms. The van der Waals surface area contributed by atoms with Gasteiger partial charge in [-0.05, 0) is 24.6 Å². The summed E-state index contributed by atoms with van der Waals surface area (Å²) < 4.78 is 7.53. The molecule has 0 radical (unpaired) electrons. The van der Waals surface area contributed by atoms with E-state index in [0.717, 1.165) is 38.3 Å². The van der Waals surface area contributed by atoms with Gasteiger partial charge < -0.3 is 14.3 Å². The van der Waals surface area contributed by atoms with Crippen molar-refractivity contribution in [2.24, 2.45) is 0 Å². The molecule has 1 N–H and O–H groups in total. The van der Waals surface area contributed by atoms with E-state index >= 15 is 0 Å². The van der Waals surface area contributed by atoms with E-state index in [-0.39, 0.29) is 5.56 Å². The summed E-state index contributed by atoms with van der Waals surface area (Å²) in [5, 5.41) is 12.2. The minimum Gasteiger partial charge on any atom is -0.496 e. The Labute approximate surface area is 198 Å². The zero-order valence-corrected chi connectivity index (χ0v) is 19.7. The molecule has 3 heterocycles. The van der Waals surface area contributed by atoms with Crippen LogP contribution >= 0.6 is 23.1 Å². The van der Waals surface area contributed by atoms with Crippen LogP contribution in [0.4, 0.5) is 0 Å². The van der Waals surface area contributed by atoms with Gasteiger partial charge in [0.25, 0.3) is 5.56 Å². The van der Waals surface area contributed by atoms with Crippen molar-refractivity contribution in [3.05, 3.63) is 76.2 Å². The van der Waals surface area contributed by atoms with Crippen LogP contribution < -0.4 is 10.3 Å². The molecule has 0 amide bonds. The summed E-state index contributed by atoms with van der Waals surface area (Å²) >= 11 is 2.98. The highest BCUT2D eigenvalue weighted by atomic mass is 32.2. The molecule has 0 bridgehead atoms. The molecule has 0 unspecified atom stereocenters.